The van der Waals surface area contributed by atoms with Crippen LogP contribution in [0.5, 0.6) is 0 Å². The van der Waals surface area contributed by atoms with Crippen molar-refractivity contribution in [3.8, 4) is 0 Å². The predicted octanol–water partition coefficient (Wildman–Crippen LogP) is 4.17. The molecule has 1 aromatic carbocycles. The number of ether oxygens (including phenoxy) is 2. The third kappa shape index (κ3) is 2.77. The molecule has 2 heterocycles. The van der Waals surface area contributed by atoms with Gasteiger partial charge in [0.25, 0.3) is 0 Å². The van der Waals surface area contributed by atoms with Gasteiger partial charge in [-0.3, -0.25) is 0 Å². The van der Waals surface area contributed by atoms with Crippen molar-refractivity contribution >= 4 is 39.4 Å². The lowest BCUT2D eigenvalue weighted by molar-refractivity contribution is 0.0594. The van der Waals surface area contributed by atoms with Gasteiger partial charge in [-0.15, -0.1) is 11.6 Å². The van der Waals surface area contributed by atoms with Gasteiger partial charge >= 0.3 is 5.97 Å². The second-order valence-corrected chi connectivity index (χ2v) is 6.98. The van der Waals surface area contributed by atoms with Crippen molar-refractivity contribution in [2.75, 3.05) is 14.2 Å². The Bertz CT molecular complexity index is 1010. The van der Waals surface area contributed by atoms with Crippen molar-refractivity contribution in [3.63, 3.8) is 0 Å². The minimum Gasteiger partial charge on any atom is -0.464 e. The third-order valence-corrected chi connectivity index (χ3v) is 5.34. The molecule has 0 fully saturated rings. The number of carbonyl (C=O) groups is 1. The van der Waals surface area contributed by atoms with Crippen LogP contribution in [0.2, 0.25) is 0 Å². The van der Waals surface area contributed by atoms with Gasteiger partial charge in [0.1, 0.15) is 5.69 Å². The lowest BCUT2D eigenvalue weighted by Crippen LogP contribution is -2.27. The number of methoxy groups -OCH3 is 2. The maximum absolute atomic E-state index is 12.2. The molecular weight excluding hydrogens is 352 g/mol. The zero-order valence-corrected chi connectivity index (χ0v) is 15.3. The number of benzene rings is 1. The zero-order chi connectivity index (χ0) is 18.3. The molecule has 26 heavy (non-hydrogen) atoms. The Labute approximate surface area is 156 Å². The zero-order valence-electron chi connectivity index (χ0n) is 14.5. The van der Waals surface area contributed by atoms with Gasteiger partial charge in [0.05, 0.1) is 29.8 Å². The van der Waals surface area contributed by atoms with E-state index in [1.165, 1.54) is 7.11 Å². The first kappa shape index (κ1) is 17.1. The summed E-state index contributed by atoms with van der Waals surface area (Å²) in [6.45, 7) is 0. The van der Waals surface area contributed by atoms with Gasteiger partial charge in [-0.2, -0.15) is 0 Å². The molecule has 0 bridgehead atoms. The van der Waals surface area contributed by atoms with E-state index < -0.39 is 5.97 Å². The number of nitrogens with one attached hydrogen (secondary N) is 1. The number of carbonyl (C=O) groups excluding carboxylic acids is 1. The third-order valence-electron chi connectivity index (χ3n) is 4.91. The molecule has 5 nitrogen and oxygen atoms in total. The quantitative estimate of drug-likeness (QED) is 0.427. The Hall–Kier alpha value is -2.37. The van der Waals surface area contributed by atoms with Gasteiger partial charge in [0.15, 0.2) is 0 Å². The van der Waals surface area contributed by atoms with Crippen LogP contribution in [-0.2, 0) is 9.47 Å². The number of hydrogen-bond donors (Lipinski definition) is 1. The number of aromatic nitrogens is 2. The van der Waals surface area contributed by atoms with Gasteiger partial charge in [-0.1, -0.05) is 30.4 Å². The van der Waals surface area contributed by atoms with Crippen molar-refractivity contribution in [1.29, 1.82) is 0 Å². The number of hydrogen-bond acceptors (Lipinski definition) is 4. The second-order valence-electron chi connectivity index (χ2n) is 6.42. The molecule has 0 saturated heterocycles. The maximum atomic E-state index is 12.2. The van der Waals surface area contributed by atoms with E-state index in [0.717, 1.165) is 27.5 Å². The van der Waals surface area contributed by atoms with E-state index in [4.69, 9.17) is 21.1 Å². The average Bonchev–Trinajstić information content (AvgIpc) is 3.05. The average molecular weight is 371 g/mol. The summed E-state index contributed by atoms with van der Waals surface area (Å²) in [6.07, 6.45) is 4.59. The summed E-state index contributed by atoms with van der Waals surface area (Å²) in [7, 11) is 3.01. The fourth-order valence-electron chi connectivity index (χ4n) is 3.60. The van der Waals surface area contributed by atoms with Crippen LogP contribution < -0.4 is 0 Å². The van der Waals surface area contributed by atoms with Crippen LogP contribution in [0.3, 0.4) is 0 Å². The van der Waals surface area contributed by atoms with Crippen LogP contribution in [-0.4, -0.2) is 41.6 Å². The number of aromatic amines is 1. The molecule has 3 atom stereocenters. The first-order chi connectivity index (χ1) is 12.6. The van der Waals surface area contributed by atoms with Gasteiger partial charge in [0.2, 0.25) is 0 Å². The minimum absolute atomic E-state index is 0.0101. The van der Waals surface area contributed by atoms with E-state index in [1.807, 2.05) is 30.3 Å². The Kier molecular flexibility index (Phi) is 4.42. The molecule has 4 rings (SSSR count). The number of pyridine rings is 1. The van der Waals surface area contributed by atoms with Crippen LogP contribution in [0.15, 0.2) is 42.5 Å². The van der Waals surface area contributed by atoms with Gasteiger partial charge in [0, 0.05) is 29.3 Å². The summed E-state index contributed by atoms with van der Waals surface area (Å²) in [5, 5.41) is 1.85. The van der Waals surface area contributed by atoms with Crippen LogP contribution >= 0.6 is 11.6 Å². The summed E-state index contributed by atoms with van der Waals surface area (Å²) >= 11 is 6.48. The summed E-state index contributed by atoms with van der Waals surface area (Å²) in [6, 6.07) is 9.78. The minimum atomic E-state index is -0.449. The van der Waals surface area contributed by atoms with Crippen molar-refractivity contribution in [1.82, 2.24) is 9.97 Å². The molecule has 1 aliphatic rings. The van der Waals surface area contributed by atoms with Gasteiger partial charge in [-0.25, -0.2) is 9.78 Å². The van der Waals surface area contributed by atoms with Crippen molar-refractivity contribution in [3.05, 3.63) is 53.9 Å². The van der Waals surface area contributed by atoms with Gasteiger partial charge in [-0.05, 0) is 18.6 Å². The highest BCUT2D eigenvalue weighted by molar-refractivity contribution is 6.21. The maximum Gasteiger partial charge on any atom is 0.356 e. The molecule has 0 aliphatic heterocycles. The molecule has 0 radical (unpaired) electrons. The Morgan fingerprint density at radius 2 is 2.04 bits per heavy atom. The number of para-hydroxylation sites is 1. The number of fused-ring (bicyclic) bond motifs is 3. The number of allylic oxidation sites excluding steroid dienone is 1. The number of H-pyrrole nitrogens is 1. The number of rotatable bonds is 3. The van der Waals surface area contributed by atoms with Crippen LogP contribution in [0.1, 0.15) is 28.5 Å². The highest BCUT2D eigenvalue weighted by Gasteiger charge is 2.29. The molecule has 2 aromatic heterocycles. The van der Waals surface area contributed by atoms with E-state index in [0.29, 0.717) is 12.1 Å². The van der Waals surface area contributed by atoms with Crippen molar-refractivity contribution in [2.45, 2.75) is 23.8 Å². The molecule has 1 unspecified atom stereocenters. The highest BCUT2D eigenvalue weighted by atomic mass is 35.5. The molecule has 3 aromatic rings. The fraction of sp³-hybridized carbons (Fsp3) is 0.300. The lowest BCUT2D eigenvalue weighted by atomic mass is 9.89. The molecule has 1 N–H and O–H groups in total. The topological polar surface area (TPSA) is 64.2 Å². The molecule has 134 valence electrons. The van der Waals surface area contributed by atoms with E-state index >= 15 is 0 Å². The monoisotopic (exact) mass is 370 g/mol. The summed E-state index contributed by atoms with van der Waals surface area (Å²) in [4.78, 5) is 20.2. The standard InChI is InChI=1S/C20H19ClN2O3/c1-25-17-8-7-11(9-14(17)21)18-19-13(10-16(23-18)20(24)26-2)12-5-3-4-6-15(12)22-19/h3-8,10-11,14,17,22H,9H2,1-2H3/t11-,14+,17?/m0/s1. The van der Waals surface area contributed by atoms with Crippen molar-refractivity contribution < 1.29 is 14.3 Å². The molecule has 1 aliphatic carbocycles. The molecule has 6 heteroatoms. The number of halogens is 1. The smallest absolute Gasteiger partial charge is 0.356 e. The van der Waals surface area contributed by atoms with Crippen molar-refractivity contribution in [2.24, 2.45) is 0 Å². The molecule has 0 saturated carbocycles. The van der Waals surface area contributed by atoms with Crippen LogP contribution in [0, 0.1) is 0 Å². The van der Waals surface area contributed by atoms with Gasteiger partial charge < -0.3 is 14.5 Å². The number of nitrogens with zero attached hydrogens (tertiary/aromatic N) is 1. The predicted molar refractivity (Wildman–Crippen MR) is 102 cm³/mol. The normalized spacial score (nSPS) is 22.8. The first-order valence-corrected chi connectivity index (χ1v) is 8.91. The molecule has 0 amide bonds. The molecule has 0 spiro atoms. The lowest BCUT2D eigenvalue weighted by Gasteiger charge is -2.26. The van der Waals surface area contributed by atoms with E-state index in [9.17, 15) is 4.79 Å². The summed E-state index contributed by atoms with van der Waals surface area (Å²) in [5.41, 5.74) is 3.03. The Balaban J connectivity index is 1.94. The Morgan fingerprint density at radius 3 is 2.77 bits per heavy atom. The SMILES string of the molecule is COC(=O)c1cc2c([nH]c3ccccc32)c([C@H]2C=CC(OC)[C@H](Cl)C2)n1. The molecular formula is C20H19ClN2O3. The fourth-order valence-corrected chi connectivity index (χ4v) is 3.97. The summed E-state index contributed by atoms with van der Waals surface area (Å²) in [5.74, 6) is -0.459. The van der Waals surface area contributed by atoms with Crippen LogP contribution in [0.25, 0.3) is 21.8 Å². The Morgan fingerprint density at radius 1 is 1.23 bits per heavy atom. The first-order valence-electron chi connectivity index (χ1n) is 8.47. The second kappa shape index (κ2) is 6.74. The largest absolute Gasteiger partial charge is 0.464 e. The highest BCUT2D eigenvalue weighted by Crippen LogP contribution is 2.36. The van der Waals surface area contributed by atoms with E-state index in [-0.39, 0.29) is 17.4 Å². The summed E-state index contributed by atoms with van der Waals surface area (Å²) < 4.78 is 10.3. The van der Waals surface area contributed by atoms with Crippen LogP contribution in [0.4, 0.5) is 0 Å². The van der Waals surface area contributed by atoms with E-state index in [2.05, 4.69) is 16.0 Å². The van der Waals surface area contributed by atoms with E-state index in [1.54, 1.807) is 13.2 Å². The number of alkyl halides is 1. The number of esters is 1.